The SMILES string of the molecule is CCCCCCCCCCCC(I)CC(F)(F)F. The summed E-state index contributed by atoms with van der Waals surface area (Å²) >= 11 is 1.93. The van der Waals surface area contributed by atoms with Crippen LogP contribution < -0.4 is 0 Å². The van der Waals surface area contributed by atoms with Crippen LogP contribution in [0.2, 0.25) is 0 Å². The molecule has 0 aliphatic heterocycles. The maximum absolute atomic E-state index is 12.1. The third-order valence-electron chi connectivity index (χ3n) is 3.07. The van der Waals surface area contributed by atoms with Crippen molar-refractivity contribution in [1.29, 1.82) is 0 Å². The summed E-state index contributed by atoms with van der Waals surface area (Å²) in [6.45, 7) is 2.21. The van der Waals surface area contributed by atoms with Crippen LogP contribution in [-0.4, -0.2) is 10.1 Å². The molecule has 1 unspecified atom stereocenters. The maximum Gasteiger partial charge on any atom is 0.390 e. The van der Waals surface area contributed by atoms with E-state index in [4.69, 9.17) is 0 Å². The first kappa shape index (κ1) is 18.5. The summed E-state index contributed by atoms with van der Waals surface area (Å²) in [6.07, 6.45) is 7.07. The van der Waals surface area contributed by atoms with Crippen molar-refractivity contribution in [3.63, 3.8) is 0 Å². The Morgan fingerprint density at radius 1 is 0.833 bits per heavy atom. The first-order valence-electron chi connectivity index (χ1n) is 7.16. The largest absolute Gasteiger partial charge is 0.390 e. The van der Waals surface area contributed by atoms with E-state index in [0.717, 1.165) is 12.8 Å². The lowest BCUT2D eigenvalue weighted by atomic mass is 10.1. The summed E-state index contributed by atoms with van der Waals surface area (Å²) in [5.74, 6) is 0. The second-order valence-corrected chi connectivity index (χ2v) is 6.80. The Balaban J connectivity index is 3.20. The first-order chi connectivity index (χ1) is 8.45. The molecule has 110 valence electrons. The lowest BCUT2D eigenvalue weighted by Crippen LogP contribution is -2.14. The van der Waals surface area contributed by atoms with Gasteiger partial charge in [-0.2, -0.15) is 13.2 Å². The number of halogens is 4. The highest BCUT2D eigenvalue weighted by molar-refractivity contribution is 14.1. The smallest absolute Gasteiger partial charge is 0.171 e. The quantitative estimate of drug-likeness (QED) is 0.214. The van der Waals surface area contributed by atoms with Crippen LogP contribution in [0.4, 0.5) is 13.2 Å². The van der Waals surface area contributed by atoms with Crippen LogP contribution in [0.1, 0.15) is 77.6 Å². The van der Waals surface area contributed by atoms with Crippen LogP contribution in [0, 0.1) is 0 Å². The van der Waals surface area contributed by atoms with Crippen LogP contribution in [-0.2, 0) is 0 Å². The van der Waals surface area contributed by atoms with Crippen LogP contribution in [0.15, 0.2) is 0 Å². The fourth-order valence-electron chi connectivity index (χ4n) is 2.03. The summed E-state index contributed by atoms with van der Waals surface area (Å²) in [7, 11) is 0. The molecule has 0 spiro atoms. The second-order valence-electron chi connectivity index (χ2n) is 5.03. The summed E-state index contributed by atoms with van der Waals surface area (Å²) in [4.78, 5) is 0. The molecule has 0 aliphatic carbocycles. The van der Waals surface area contributed by atoms with E-state index in [9.17, 15) is 13.2 Å². The number of hydrogen-bond acceptors (Lipinski definition) is 0. The van der Waals surface area contributed by atoms with E-state index in [0.29, 0.717) is 6.42 Å². The van der Waals surface area contributed by atoms with Gasteiger partial charge in [-0.3, -0.25) is 0 Å². The van der Waals surface area contributed by atoms with Gasteiger partial charge in [0.15, 0.2) is 0 Å². The van der Waals surface area contributed by atoms with Crippen LogP contribution in [0.5, 0.6) is 0 Å². The Morgan fingerprint density at radius 2 is 1.28 bits per heavy atom. The van der Waals surface area contributed by atoms with Crippen molar-refractivity contribution in [2.24, 2.45) is 0 Å². The molecule has 0 bridgehead atoms. The number of alkyl halides is 4. The molecule has 0 saturated heterocycles. The van der Waals surface area contributed by atoms with Crippen molar-refractivity contribution >= 4 is 22.6 Å². The Bertz CT molecular complexity index is 180. The van der Waals surface area contributed by atoms with Crippen molar-refractivity contribution in [1.82, 2.24) is 0 Å². The minimum absolute atomic E-state index is 0.243. The van der Waals surface area contributed by atoms with Gasteiger partial charge in [0.1, 0.15) is 0 Å². The van der Waals surface area contributed by atoms with Crippen molar-refractivity contribution in [3.8, 4) is 0 Å². The predicted molar refractivity (Wildman–Crippen MR) is 80.3 cm³/mol. The van der Waals surface area contributed by atoms with Gasteiger partial charge < -0.3 is 0 Å². The average molecular weight is 378 g/mol. The molecule has 0 aromatic carbocycles. The van der Waals surface area contributed by atoms with E-state index in [1.807, 2.05) is 22.6 Å². The highest BCUT2D eigenvalue weighted by atomic mass is 127. The molecule has 0 rings (SSSR count). The fraction of sp³-hybridized carbons (Fsp3) is 1.00. The molecule has 1 atom stereocenters. The molecule has 0 aromatic rings. The van der Waals surface area contributed by atoms with E-state index in [2.05, 4.69) is 6.92 Å². The van der Waals surface area contributed by atoms with Crippen LogP contribution >= 0.6 is 22.6 Å². The monoisotopic (exact) mass is 378 g/mol. The van der Waals surface area contributed by atoms with Crippen LogP contribution in [0.25, 0.3) is 0 Å². The molecule has 0 saturated carbocycles. The van der Waals surface area contributed by atoms with Gasteiger partial charge >= 0.3 is 6.18 Å². The lowest BCUT2D eigenvalue weighted by Gasteiger charge is -2.12. The highest BCUT2D eigenvalue weighted by Gasteiger charge is 2.30. The van der Waals surface area contributed by atoms with Gasteiger partial charge in [0.2, 0.25) is 0 Å². The minimum atomic E-state index is -3.99. The lowest BCUT2D eigenvalue weighted by molar-refractivity contribution is -0.133. The zero-order chi connectivity index (χ0) is 13.9. The predicted octanol–water partition coefficient (Wildman–Crippen LogP) is 6.66. The Kier molecular flexibility index (Phi) is 11.7. The molecule has 18 heavy (non-hydrogen) atoms. The van der Waals surface area contributed by atoms with E-state index in [1.54, 1.807) is 0 Å². The minimum Gasteiger partial charge on any atom is -0.171 e. The molecule has 0 nitrogen and oxygen atoms in total. The van der Waals surface area contributed by atoms with Gasteiger partial charge in [-0.05, 0) is 6.42 Å². The van der Waals surface area contributed by atoms with Gasteiger partial charge in [-0.15, -0.1) is 0 Å². The van der Waals surface area contributed by atoms with Crippen LogP contribution in [0.3, 0.4) is 0 Å². The first-order valence-corrected chi connectivity index (χ1v) is 8.41. The summed E-state index contributed by atoms with van der Waals surface area (Å²) in [6, 6.07) is 0. The molecule has 0 heterocycles. The van der Waals surface area contributed by atoms with Gasteiger partial charge in [-0.25, -0.2) is 0 Å². The van der Waals surface area contributed by atoms with Crippen molar-refractivity contribution in [2.45, 2.75) is 87.7 Å². The van der Waals surface area contributed by atoms with Gasteiger partial charge in [0.05, 0.1) is 6.42 Å². The van der Waals surface area contributed by atoms with Crippen molar-refractivity contribution < 1.29 is 13.2 Å². The fourth-order valence-corrected chi connectivity index (χ4v) is 2.97. The van der Waals surface area contributed by atoms with E-state index in [-0.39, 0.29) is 3.92 Å². The Hall–Kier alpha value is 0.520. The zero-order valence-corrected chi connectivity index (χ0v) is 13.5. The topological polar surface area (TPSA) is 0 Å². The molecule has 0 aromatic heterocycles. The maximum atomic E-state index is 12.1. The van der Waals surface area contributed by atoms with E-state index in [1.165, 1.54) is 44.9 Å². The Labute approximate surface area is 123 Å². The van der Waals surface area contributed by atoms with Gasteiger partial charge in [0.25, 0.3) is 0 Å². The zero-order valence-electron chi connectivity index (χ0n) is 11.4. The average Bonchev–Trinajstić information content (AvgIpc) is 2.24. The summed E-state index contributed by atoms with van der Waals surface area (Å²) in [5.41, 5.74) is 0. The normalized spacial score (nSPS) is 13.8. The molecule has 4 heteroatoms. The molecule has 0 radical (unpaired) electrons. The number of hydrogen-bond donors (Lipinski definition) is 0. The van der Waals surface area contributed by atoms with Gasteiger partial charge in [-0.1, -0.05) is 87.3 Å². The molecular formula is C14H26F3I. The number of unbranched alkanes of at least 4 members (excludes halogenated alkanes) is 8. The standard InChI is InChI=1S/C14H26F3I/c1-2-3-4-5-6-7-8-9-10-11-13(18)12-14(15,16)17/h13H,2-12H2,1H3. The van der Waals surface area contributed by atoms with E-state index >= 15 is 0 Å². The Morgan fingerprint density at radius 3 is 1.72 bits per heavy atom. The number of rotatable bonds is 11. The molecule has 0 aliphatic rings. The van der Waals surface area contributed by atoms with Gasteiger partial charge in [0, 0.05) is 3.92 Å². The molecule has 0 amide bonds. The summed E-state index contributed by atoms with van der Waals surface area (Å²) in [5, 5.41) is 0. The molecule has 0 N–H and O–H groups in total. The second kappa shape index (κ2) is 11.4. The third kappa shape index (κ3) is 14.6. The van der Waals surface area contributed by atoms with Crippen molar-refractivity contribution in [3.05, 3.63) is 0 Å². The molecule has 0 fully saturated rings. The summed E-state index contributed by atoms with van der Waals surface area (Å²) < 4.78 is 36.0. The highest BCUT2D eigenvalue weighted by Crippen LogP contribution is 2.28. The van der Waals surface area contributed by atoms with Crippen molar-refractivity contribution in [2.75, 3.05) is 0 Å². The molecular weight excluding hydrogens is 352 g/mol. The van der Waals surface area contributed by atoms with E-state index < -0.39 is 12.6 Å². The third-order valence-corrected chi connectivity index (χ3v) is 4.14.